The lowest BCUT2D eigenvalue weighted by atomic mass is 10.0. The van der Waals surface area contributed by atoms with Crippen LogP contribution >= 0.6 is 11.6 Å². The highest BCUT2D eigenvalue weighted by atomic mass is 35.5. The molecule has 0 fully saturated rings. The summed E-state index contributed by atoms with van der Waals surface area (Å²) in [5.74, 6) is 1.33. The third-order valence-corrected chi connectivity index (χ3v) is 3.65. The number of fused-ring (bicyclic) bond motifs is 1. The summed E-state index contributed by atoms with van der Waals surface area (Å²) in [5.41, 5.74) is 10.5. The zero-order chi connectivity index (χ0) is 14.3. The van der Waals surface area contributed by atoms with E-state index in [2.05, 4.69) is 48.1 Å². The number of hydrogen-bond donors (Lipinski definition) is 2. The van der Waals surface area contributed by atoms with Crippen molar-refractivity contribution in [2.24, 2.45) is 0 Å². The largest absolute Gasteiger partial charge is 0.397 e. The molecule has 0 saturated carbocycles. The summed E-state index contributed by atoms with van der Waals surface area (Å²) in [6, 6.07) is 12.0. The second kappa shape index (κ2) is 4.84. The molecule has 0 aliphatic heterocycles. The van der Waals surface area contributed by atoms with Crippen molar-refractivity contribution in [2.45, 2.75) is 19.8 Å². The molecular formula is C16H16ClN3. The van der Waals surface area contributed by atoms with E-state index in [0.29, 0.717) is 16.6 Å². The van der Waals surface area contributed by atoms with Crippen LogP contribution in [0.15, 0.2) is 36.4 Å². The molecule has 20 heavy (non-hydrogen) atoms. The standard InChI is InChI=1S/C16H16ClN3/c1-9(2)10-3-5-11(6-4-10)16-19-14-8-12(17)7-13(18)15(14)20-16/h3-9H,18H2,1-2H3,(H,19,20). The molecule has 0 saturated heterocycles. The lowest BCUT2D eigenvalue weighted by Gasteiger charge is -2.05. The highest BCUT2D eigenvalue weighted by molar-refractivity contribution is 6.31. The minimum atomic E-state index is 0.522. The summed E-state index contributed by atoms with van der Waals surface area (Å²) in [7, 11) is 0. The molecule has 3 aromatic rings. The van der Waals surface area contributed by atoms with Crippen LogP contribution in [0.3, 0.4) is 0 Å². The molecule has 3 N–H and O–H groups in total. The molecule has 0 atom stereocenters. The Balaban J connectivity index is 2.08. The first-order valence-corrected chi connectivity index (χ1v) is 6.97. The molecule has 0 aliphatic carbocycles. The van der Waals surface area contributed by atoms with Crippen molar-refractivity contribution >= 4 is 28.3 Å². The van der Waals surface area contributed by atoms with Gasteiger partial charge < -0.3 is 10.7 Å². The van der Waals surface area contributed by atoms with E-state index >= 15 is 0 Å². The van der Waals surface area contributed by atoms with Gasteiger partial charge in [0.2, 0.25) is 0 Å². The Labute approximate surface area is 122 Å². The van der Waals surface area contributed by atoms with Crippen LogP contribution in [0, 0.1) is 0 Å². The summed E-state index contributed by atoms with van der Waals surface area (Å²) < 4.78 is 0. The number of H-pyrrole nitrogens is 1. The third-order valence-electron chi connectivity index (χ3n) is 3.43. The first-order chi connectivity index (χ1) is 9.54. The van der Waals surface area contributed by atoms with E-state index in [1.54, 1.807) is 6.07 Å². The second-order valence-corrected chi connectivity index (χ2v) is 5.69. The van der Waals surface area contributed by atoms with Crippen molar-refractivity contribution in [2.75, 3.05) is 5.73 Å². The predicted octanol–water partition coefficient (Wildman–Crippen LogP) is 4.59. The molecule has 0 radical (unpaired) electrons. The van der Waals surface area contributed by atoms with Gasteiger partial charge in [-0.3, -0.25) is 0 Å². The lowest BCUT2D eigenvalue weighted by molar-refractivity contribution is 0.867. The fourth-order valence-corrected chi connectivity index (χ4v) is 2.50. The molecule has 2 aromatic carbocycles. The van der Waals surface area contributed by atoms with E-state index < -0.39 is 0 Å². The summed E-state index contributed by atoms with van der Waals surface area (Å²) in [4.78, 5) is 7.83. The average molecular weight is 286 g/mol. The van der Waals surface area contributed by atoms with Crippen molar-refractivity contribution < 1.29 is 0 Å². The highest BCUT2D eigenvalue weighted by Gasteiger charge is 2.09. The zero-order valence-electron chi connectivity index (χ0n) is 11.4. The number of nitrogens with two attached hydrogens (primary N) is 1. The van der Waals surface area contributed by atoms with Gasteiger partial charge in [-0.2, -0.15) is 0 Å². The Morgan fingerprint density at radius 3 is 2.50 bits per heavy atom. The number of aromatic amines is 1. The molecule has 0 spiro atoms. The minimum Gasteiger partial charge on any atom is -0.397 e. The van der Waals surface area contributed by atoms with Crippen molar-refractivity contribution in [1.29, 1.82) is 0 Å². The van der Waals surface area contributed by atoms with E-state index in [-0.39, 0.29) is 0 Å². The number of hydrogen-bond acceptors (Lipinski definition) is 2. The average Bonchev–Trinajstić information content (AvgIpc) is 2.83. The lowest BCUT2D eigenvalue weighted by Crippen LogP contribution is -1.87. The number of nitrogen functional groups attached to an aromatic ring is 1. The predicted molar refractivity (Wildman–Crippen MR) is 85.0 cm³/mol. The Morgan fingerprint density at radius 2 is 1.85 bits per heavy atom. The fourth-order valence-electron chi connectivity index (χ4n) is 2.27. The monoisotopic (exact) mass is 285 g/mol. The summed E-state index contributed by atoms with van der Waals surface area (Å²) in [6.45, 7) is 4.36. The molecule has 0 aliphatic rings. The van der Waals surface area contributed by atoms with E-state index in [1.807, 2.05) is 6.07 Å². The molecule has 1 heterocycles. The van der Waals surface area contributed by atoms with Gasteiger partial charge in [0.25, 0.3) is 0 Å². The molecule has 0 amide bonds. The molecular weight excluding hydrogens is 270 g/mol. The summed E-state index contributed by atoms with van der Waals surface area (Å²) >= 11 is 6.01. The molecule has 0 bridgehead atoms. The Bertz CT molecular complexity index is 757. The number of imidazole rings is 1. The van der Waals surface area contributed by atoms with Gasteiger partial charge in [-0.15, -0.1) is 0 Å². The number of halogens is 1. The third kappa shape index (κ3) is 2.25. The molecule has 0 unspecified atom stereocenters. The number of rotatable bonds is 2. The van der Waals surface area contributed by atoms with Gasteiger partial charge in [-0.25, -0.2) is 4.98 Å². The Kier molecular flexibility index (Phi) is 3.14. The van der Waals surface area contributed by atoms with E-state index in [9.17, 15) is 0 Å². The van der Waals surface area contributed by atoms with E-state index in [4.69, 9.17) is 17.3 Å². The number of benzene rings is 2. The smallest absolute Gasteiger partial charge is 0.138 e. The first-order valence-electron chi connectivity index (χ1n) is 6.59. The molecule has 1 aromatic heterocycles. The normalized spacial score (nSPS) is 11.4. The minimum absolute atomic E-state index is 0.522. The van der Waals surface area contributed by atoms with Crippen molar-refractivity contribution in [3.63, 3.8) is 0 Å². The zero-order valence-corrected chi connectivity index (χ0v) is 12.2. The van der Waals surface area contributed by atoms with Gasteiger partial charge in [0.1, 0.15) is 11.3 Å². The van der Waals surface area contributed by atoms with Gasteiger partial charge in [0.15, 0.2) is 0 Å². The topological polar surface area (TPSA) is 54.7 Å². The Hall–Kier alpha value is -2.00. The first kappa shape index (κ1) is 13.0. The maximum atomic E-state index is 6.01. The molecule has 3 nitrogen and oxygen atoms in total. The maximum Gasteiger partial charge on any atom is 0.138 e. The highest BCUT2D eigenvalue weighted by Crippen LogP contribution is 2.28. The van der Waals surface area contributed by atoms with Crippen LogP contribution in [0.4, 0.5) is 5.69 Å². The molecule has 102 valence electrons. The van der Waals surface area contributed by atoms with Crippen LogP contribution in [-0.2, 0) is 0 Å². The van der Waals surface area contributed by atoms with Crippen molar-refractivity contribution in [3.05, 3.63) is 47.0 Å². The van der Waals surface area contributed by atoms with Gasteiger partial charge in [-0.1, -0.05) is 49.7 Å². The van der Waals surface area contributed by atoms with Gasteiger partial charge >= 0.3 is 0 Å². The van der Waals surface area contributed by atoms with Crippen molar-refractivity contribution in [1.82, 2.24) is 9.97 Å². The fraction of sp³-hybridized carbons (Fsp3) is 0.188. The maximum absolute atomic E-state index is 6.01. The van der Waals surface area contributed by atoms with E-state index in [0.717, 1.165) is 22.4 Å². The van der Waals surface area contributed by atoms with Gasteiger partial charge in [-0.05, 0) is 23.6 Å². The van der Waals surface area contributed by atoms with Gasteiger partial charge in [0, 0.05) is 10.6 Å². The number of nitrogens with zero attached hydrogens (tertiary/aromatic N) is 1. The number of nitrogens with one attached hydrogen (secondary N) is 1. The molecule has 4 heteroatoms. The van der Waals surface area contributed by atoms with Crippen molar-refractivity contribution in [3.8, 4) is 11.4 Å². The quantitative estimate of drug-likeness (QED) is 0.677. The van der Waals surface area contributed by atoms with Gasteiger partial charge in [0.05, 0.1) is 11.2 Å². The number of aromatic nitrogens is 2. The van der Waals surface area contributed by atoms with Crippen LogP contribution in [0.1, 0.15) is 25.3 Å². The van der Waals surface area contributed by atoms with Crippen LogP contribution in [0.25, 0.3) is 22.4 Å². The van der Waals surface area contributed by atoms with Crippen LogP contribution < -0.4 is 5.73 Å². The Morgan fingerprint density at radius 1 is 1.15 bits per heavy atom. The SMILES string of the molecule is CC(C)c1ccc(-c2nc3c(N)cc(Cl)cc3[nH]2)cc1. The van der Waals surface area contributed by atoms with Crippen LogP contribution in [0.5, 0.6) is 0 Å². The summed E-state index contributed by atoms with van der Waals surface area (Å²) in [6.07, 6.45) is 0. The van der Waals surface area contributed by atoms with E-state index in [1.165, 1.54) is 5.56 Å². The van der Waals surface area contributed by atoms with Crippen LogP contribution in [0.2, 0.25) is 5.02 Å². The summed E-state index contributed by atoms with van der Waals surface area (Å²) in [5, 5.41) is 0.611. The molecule has 3 rings (SSSR count). The second-order valence-electron chi connectivity index (χ2n) is 5.25. The number of anilines is 1. The van der Waals surface area contributed by atoms with Crippen LogP contribution in [-0.4, -0.2) is 9.97 Å².